The minimum atomic E-state index is -3.47. The van der Waals surface area contributed by atoms with Gasteiger partial charge in [-0.15, -0.1) is 0 Å². The van der Waals surface area contributed by atoms with Crippen molar-refractivity contribution in [3.8, 4) is 0 Å². The molecular weight excluding hydrogens is 247 g/mol. The first kappa shape index (κ1) is 12.3. The van der Waals surface area contributed by atoms with Gasteiger partial charge in [-0.1, -0.05) is 0 Å². The van der Waals surface area contributed by atoms with Crippen LogP contribution in [0.4, 0.5) is 10.1 Å². The zero-order chi connectivity index (χ0) is 12.3. The lowest BCUT2D eigenvalue weighted by Crippen LogP contribution is -2.25. The molecule has 5 nitrogen and oxygen atoms in total. The molecule has 0 aromatic carbocycles. The van der Waals surface area contributed by atoms with Gasteiger partial charge in [0.1, 0.15) is 0 Å². The van der Waals surface area contributed by atoms with Crippen LogP contribution in [0.3, 0.4) is 0 Å². The van der Waals surface area contributed by atoms with Crippen molar-refractivity contribution in [3.05, 3.63) is 24.3 Å². The van der Waals surface area contributed by atoms with Crippen molar-refractivity contribution in [2.45, 2.75) is 18.9 Å². The molecule has 1 aromatic heterocycles. The first-order valence-corrected chi connectivity index (χ1v) is 6.94. The minimum Gasteiger partial charge on any atom is -0.377 e. The molecule has 0 saturated carbocycles. The van der Waals surface area contributed by atoms with E-state index in [1.807, 2.05) is 0 Å². The fourth-order valence-electron chi connectivity index (χ4n) is 1.68. The smallest absolute Gasteiger partial charge is 0.235 e. The second-order valence-corrected chi connectivity index (χ2v) is 5.66. The molecule has 17 heavy (non-hydrogen) atoms. The molecule has 0 aliphatic carbocycles. The van der Waals surface area contributed by atoms with Crippen LogP contribution in [0.1, 0.15) is 12.8 Å². The second kappa shape index (κ2) is 4.97. The van der Waals surface area contributed by atoms with Crippen molar-refractivity contribution in [2.24, 2.45) is 0 Å². The Morgan fingerprint density at radius 1 is 1.53 bits per heavy atom. The molecule has 1 aromatic rings. The van der Waals surface area contributed by atoms with Gasteiger partial charge in [-0.3, -0.25) is 4.72 Å². The summed E-state index contributed by atoms with van der Waals surface area (Å²) in [5, 5.41) is 0. The Labute approximate surface area is 99.1 Å². The molecule has 0 radical (unpaired) electrons. The average Bonchev–Trinajstić information content (AvgIpc) is 2.73. The van der Waals surface area contributed by atoms with E-state index in [9.17, 15) is 12.8 Å². The third kappa shape index (κ3) is 3.64. The van der Waals surface area contributed by atoms with Crippen molar-refractivity contribution in [2.75, 3.05) is 17.1 Å². The third-order valence-corrected chi connectivity index (χ3v) is 3.79. The van der Waals surface area contributed by atoms with Crippen molar-refractivity contribution in [1.29, 1.82) is 0 Å². The van der Waals surface area contributed by atoms with E-state index >= 15 is 0 Å². The van der Waals surface area contributed by atoms with Crippen LogP contribution < -0.4 is 4.72 Å². The zero-order valence-corrected chi connectivity index (χ0v) is 9.91. The van der Waals surface area contributed by atoms with Crippen LogP contribution in [0.5, 0.6) is 0 Å². The number of nitrogens with one attached hydrogen (secondary N) is 1. The lowest BCUT2D eigenvalue weighted by Gasteiger charge is -2.11. The van der Waals surface area contributed by atoms with Gasteiger partial charge in [0.15, 0.2) is 0 Å². The van der Waals surface area contributed by atoms with Gasteiger partial charge in [0.25, 0.3) is 0 Å². The number of hydrogen-bond donors (Lipinski definition) is 1. The highest BCUT2D eigenvalue weighted by molar-refractivity contribution is 7.92. The third-order valence-electron chi connectivity index (χ3n) is 2.43. The van der Waals surface area contributed by atoms with E-state index in [1.54, 1.807) is 0 Å². The van der Waals surface area contributed by atoms with Gasteiger partial charge in [-0.25, -0.2) is 13.4 Å². The van der Waals surface area contributed by atoms with Crippen LogP contribution in [0.15, 0.2) is 18.3 Å². The number of nitrogens with zero attached hydrogens (tertiary/aromatic N) is 1. The first-order valence-electron chi connectivity index (χ1n) is 5.29. The Morgan fingerprint density at radius 2 is 2.35 bits per heavy atom. The van der Waals surface area contributed by atoms with Crippen molar-refractivity contribution < 1.29 is 17.5 Å². The predicted octanol–water partition coefficient (Wildman–Crippen LogP) is 1.14. The number of anilines is 1. The maximum atomic E-state index is 12.5. The first-order chi connectivity index (χ1) is 8.05. The number of halogens is 1. The van der Waals surface area contributed by atoms with E-state index in [1.165, 1.54) is 6.07 Å². The van der Waals surface area contributed by atoms with Crippen LogP contribution >= 0.6 is 0 Å². The number of rotatable bonds is 4. The molecule has 0 bridgehead atoms. The monoisotopic (exact) mass is 260 g/mol. The zero-order valence-electron chi connectivity index (χ0n) is 9.10. The SMILES string of the molecule is O=S(=O)(CC1CCCO1)Nc1ccc(F)nc1. The highest BCUT2D eigenvalue weighted by Crippen LogP contribution is 2.15. The Kier molecular flexibility index (Phi) is 3.58. The number of sulfonamides is 1. The van der Waals surface area contributed by atoms with E-state index in [0.29, 0.717) is 6.61 Å². The molecule has 1 unspecified atom stereocenters. The number of ether oxygens (including phenoxy) is 1. The van der Waals surface area contributed by atoms with E-state index in [4.69, 9.17) is 4.74 Å². The van der Waals surface area contributed by atoms with Crippen LogP contribution in [-0.2, 0) is 14.8 Å². The Balaban J connectivity index is 1.98. The number of pyridine rings is 1. The molecule has 1 atom stereocenters. The standard InChI is InChI=1S/C10H13FN2O3S/c11-10-4-3-8(6-12-10)13-17(14,15)7-9-2-1-5-16-9/h3-4,6,9,13H,1-2,5,7H2. The van der Waals surface area contributed by atoms with E-state index < -0.39 is 16.0 Å². The summed E-state index contributed by atoms with van der Waals surface area (Å²) in [7, 11) is -3.47. The molecular formula is C10H13FN2O3S. The molecule has 0 spiro atoms. The number of aromatic nitrogens is 1. The molecule has 1 fully saturated rings. The van der Waals surface area contributed by atoms with Gasteiger partial charge in [0.05, 0.1) is 23.7 Å². The van der Waals surface area contributed by atoms with Crippen LogP contribution in [0, 0.1) is 5.95 Å². The van der Waals surface area contributed by atoms with E-state index in [2.05, 4.69) is 9.71 Å². The summed E-state index contributed by atoms with van der Waals surface area (Å²) in [6.07, 6.45) is 2.53. The largest absolute Gasteiger partial charge is 0.377 e. The van der Waals surface area contributed by atoms with Crippen molar-refractivity contribution >= 4 is 15.7 Å². The van der Waals surface area contributed by atoms with Gasteiger partial charge < -0.3 is 4.74 Å². The predicted molar refractivity (Wildman–Crippen MR) is 60.6 cm³/mol. The van der Waals surface area contributed by atoms with Crippen LogP contribution in [0.2, 0.25) is 0 Å². The van der Waals surface area contributed by atoms with Crippen LogP contribution in [0.25, 0.3) is 0 Å². The highest BCUT2D eigenvalue weighted by atomic mass is 32.2. The van der Waals surface area contributed by atoms with Gasteiger partial charge >= 0.3 is 0 Å². The fourth-order valence-corrected chi connectivity index (χ4v) is 2.99. The van der Waals surface area contributed by atoms with Gasteiger partial charge in [-0.05, 0) is 25.0 Å². The lowest BCUT2D eigenvalue weighted by atomic mass is 10.3. The molecule has 1 aliphatic rings. The summed E-state index contributed by atoms with van der Waals surface area (Å²) in [4.78, 5) is 3.37. The Morgan fingerprint density at radius 3 is 2.94 bits per heavy atom. The average molecular weight is 260 g/mol. The molecule has 2 heterocycles. The summed E-state index contributed by atoms with van der Waals surface area (Å²) in [6.45, 7) is 0.609. The quantitative estimate of drug-likeness (QED) is 0.824. The molecule has 0 amide bonds. The van der Waals surface area contributed by atoms with E-state index in [-0.39, 0.29) is 17.5 Å². The Bertz CT molecular complexity index is 469. The fraction of sp³-hybridized carbons (Fsp3) is 0.500. The molecule has 7 heteroatoms. The van der Waals surface area contributed by atoms with Crippen molar-refractivity contribution in [1.82, 2.24) is 4.98 Å². The Hall–Kier alpha value is -1.21. The number of hydrogen-bond acceptors (Lipinski definition) is 4. The molecule has 1 saturated heterocycles. The van der Waals surface area contributed by atoms with Gasteiger partial charge in [-0.2, -0.15) is 4.39 Å². The molecule has 94 valence electrons. The minimum absolute atomic E-state index is 0.0790. The lowest BCUT2D eigenvalue weighted by molar-refractivity contribution is 0.127. The topological polar surface area (TPSA) is 68.3 Å². The maximum absolute atomic E-state index is 12.5. The van der Waals surface area contributed by atoms with Crippen LogP contribution in [-0.4, -0.2) is 31.9 Å². The normalized spacial score (nSPS) is 20.4. The molecule has 2 rings (SSSR count). The summed E-state index contributed by atoms with van der Waals surface area (Å²) < 4.78 is 43.6. The van der Waals surface area contributed by atoms with Crippen molar-refractivity contribution in [3.63, 3.8) is 0 Å². The second-order valence-electron chi connectivity index (χ2n) is 3.89. The highest BCUT2D eigenvalue weighted by Gasteiger charge is 2.23. The summed E-state index contributed by atoms with van der Waals surface area (Å²) in [6, 6.07) is 2.43. The van der Waals surface area contributed by atoms with Gasteiger partial charge in [0.2, 0.25) is 16.0 Å². The summed E-state index contributed by atoms with van der Waals surface area (Å²) in [5.41, 5.74) is 0.254. The summed E-state index contributed by atoms with van der Waals surface area (Å²) >= 11 is 0. The van der Waals surface area contributed by atoms with Gasteiger partial charge in [0, 0.05) is 6.61 Å². The van der Waals surface area contributed by atoms with E-state index in [0.717, 1.165) is 25.1 Å². The maximum Gasteiger partial charge on any atom is 0.235 e. The molecule has 1 aliphatic heterocycles. The molecule has 1 N–H and O–H groups in total. The summed E-state index contributed by atoms with van der Waals surface area (Å²) in [5.74, 6) is -0.725.